The van der Waals surface area contributed by atoms with Gasteiger partial charge in [-0.3, -0.25) is 14.5 Å². The lowest BCUT2D eigenvalue weighted by Gasteiger charge is -2.15. The lowest BCUT2D eigenvalue weighted by molar-refractivity contribution is -0.138. The van der Waals surface area contributed by atoms with Gasteiger partial charge in [0.15, 0.2) is 9.84 Å². The van der Waals surface area contributed by atoms with Crippen molar-refractivity contribution in [2.24, 2.45) is 0 Å². The zero-order chi connectivity index (χ0) is 37.1. The van der Waals surface area contributed by atoms with Crippen LogP contribution in [0.3, 0.4) is 0 Å². The molecular formula is C44H85NO5S. The van der Waals surface area contributed by atoms with Gasteiger partial charge in [-0.1, -0.05) is 219 Å². The van der Waals surface area contributed by atoms with E-state index in [-0.39, 0.29) is 24.7 Å². The van der Waals surface area contributed by atoms with Crippen LogP contribution < -0.4 is 0 Å². The molecule has 1 rings (SSSR count). The molecule has 1 heterocycles. The van der Waals surface area contributed by atoms with Crippen molar-refractivity contribution in [3.63, 3.8) is 0 Å². The van der Waals surface area contributed by atoms with E-state index in [1.807, 2.05) is 0 Å². The van der Waals surface area contributed by atoms with Gasteiger partial charge in [0.1, 0.15) is 5.25 Å². The summed E-state index contributed by atoms with van der Waals surface area (Å²) in [5, 5.41) is 7.65. The normalized spacial score (nSPS) is 15.1. The minimum Gasteiger partial charge on any atom is -0.396 e. The second-order valence-electron chi connectivity index (χ2n) is 16.0. The first-order chi connectivity index (χ1) is 24.9. The van der Waals surface area contributed by atoms with Crippen LogP contribution >= 0.6 is 0 Å². The van der Waals surface area contributed by atoms with E-state index in [0.29, 0.717) is 19.4 Å². The van der Waals surface area contributed by atoms with E-state index in [2.05, 4.69) is 6.92 Å². The SMILES string of the molecule is CCCCCCCCCCCCCCCCCCCCCCCCCCCCCCCCCCCCN1C(=O)CC(S(=O)(=O)CCCCO)C1=O. The average Bonchev–Trinajstić information content (AvgIpc) is 3.41. The molecule has 0 aromatic heterocycles. The highest BCUT2D eigenvalue weighted by Crippen LogP contribution is 2.23. The first kappa shape index (κ1) is 48.1. The van der Waals surface area contributed by atoms with Gasteiger partial charge in [-0.05, 0) is 19.3 Å². The molecule has 0 bridgehead atoms. The molecule has 51 heavy (non-hydrogen) atoms. The number of unbranched alkanes of at least 4 members (excludes halogenated alkanes) is 34. The van der Waals surface area contributed by atoms with Crippen molar-refractivity contribution in [2.45, 2.75) is 250 Å². The van der Waals surface area contributed by atoms with Crippen LogP contribution in [-0.4, -0.2) is 54.4 Å². The zero-order valence-corrected chi connectivity index (χ0v) is 34.6. The number of aliphatic hydroxyl groups is 1. The fourth-order valence-electron chi connectivity index (χ4n) is 7.73. The monoisotopic (exact) mass is 740 g/mol. The molecule has 0 spiro atoms. The van der Waals surface area contributed by atoms with Crippen molar-refractivity contribution in [3.05, 3.63) is 0 Å². The van der Waals surface area contributed by atoms with Gasteiger partial charge < -0.3 is 5.11 Å². The molecule has 0 aromatic rings. The summed E-state index contributed by atoms with van der Waals surface area (Å²) < 4.78 is 24.9. The van der Waals surface area contributed by atoms with Crippen LogP contribution in [0.2, 0.25) is 0 Å². The first-order valence-corrected chi connectivity index (χ1v) is 24.3. The predicted octanol–water partition coefficient (Wildman–Crippen LogP) is 12.6. The van der Waals surface area contributed by atoms with Crippen LogP contribution in [-0.2, 0) is 19.4 Å². The zero-order valence-electron chi connectivity index (χ0n) is 33.8. The number of carbonyl (C=O) groups excluding carboxylic acids is 2. The third-order valence-electron chi connectivity index (χ3n) is 11.2. The van der Waals surface area contributed by atoms with Gasteiger partial charge in [0.2, 0.25) is 11.8 Å². The van der Waals surface area contributed by atoms with Gasteiger partial charge in [0.05, 0.1) is 12.2 Å². The van der Waals surface area contributed by atoms with Crippen molar-refractivity contribution < 1.29 is 23.1 Å². The minimum absolute atomic E-state index is 0.0705. The molecule has 0 aliphatic carbocycles. The third kappa shape index (κ3) is 27.3. The molecule has 0 radical (unpaired) electrons. The summed E-state index contributed by atoms with van der Waals surface area (Å²) in [5.41, 5.74) is 0. The van der Waals surface area contributed by atoms with E-state index >= 15 is 0 Å². The third-order valence-corrected chi connectivity index (χ3v) is 13.3. The Kier molecular flexibility index (Phi) is 32.8. The second-order valence-corrected chi connectivity index (χ2v) is 18.3. The Morgan fingerprint density at radius 2 is 0.765 bits per heavy atom. The minimum atomic E-state index is -3.64. The summed E-state index contributed by atoms with van der Waals surface area (Å²) in [6, 6.07) is 0. The summed E-state index contributed by atoms with van der Waals surface area (Å²) >= 11 is 0. The highest BCUT2D eigenvalue weighted by Gasteiger charge is 2.45. The van der Waals surface area contributed by atoms with Gasteiger partial charge in [0, 0.05) is 13.2 Å². The standard InChI is InChI=1S/C44H85NO5S/c1-2-3-4-5-6-7-8-9-10-11-12-13-14-15-16-17-18-19-20-21-22-23-24-25-26-27-28-29-30-31-32-33-34-35-38-45-43(47)41-42(44(45)48)51(49,50)40-37-36-39-46/h42,46H,2-41H2,1H3. The maximum Gasteiger partial charge on any atom is 0.248 e. The van der Waals surface area contributed by atoms with E-state index in [1.54, 1.807) is 0 Å². The number of nitrogens with zero attached hydrogens (tertiary/aromatic N) is 1. The lowest BCUT2D eigenvalue weighted by atomic mass is 10.0. The Morgan fingerprint density at radius 3 is 1.06 bits per heavy atom. The first-order valence-electron chi connectivity index (χ1n) is 22.6. The maximum absolute atomic E-state index is 12.6. The fraction of sp³-hybridized carbons (Fsp3) is 0.955. The number of rotatable bonds is 40. The largest absolute Gasteiger partial charge is 0.396 e. The Balaban J connectivity index is 1.75. The summed E-state index contributed by atoms with van der Waals surface area (Å²) in [5.74, 6) is -1.05. The Labute approximate surface area is 317 Å². The summed E-state index contributed by atoms with van der Waals surface area (Å²) in [4.78, 5) is 26.0. The summed E-state index contributed by atoms with van der Waals surface area (Å²) in [7, 11) is -3.64. The van der Waals surface area contributed by atoms with Crippen molar-refractivity contribution in [2.75, 3.05) is 18.9 Å². The molecule has 2 amide bonds. The second kappa shape index (κ2) is 34.8. The number of carbonyl (C=O) groups is 2. The molecule has 1 N–H and O–H groups in total. The summed E-state index contributed by atoms with van der Waals surface area (Å²) in [6.07, 6.45) is 47.1. The van der Waals surface area contributed by atoms with Gasteiger partial charge in [-0.15, -0.1) is 0 Å². The Hall–Kier alpha value is -0.950. The smallest absolute Gasteiger partial charge is 0.248 e. The predicted molar refractivity (Wildman–Crippen MR) is 218 cm³/mol. The number of amides is 2. The number of aliphatic hydroxyl groups excluding tert-OH is 1. The van der Waals surface area contributed by atoms with Crippen LogP contribution in [0.15, 0.2) is 0 Å². The molecule has 0 aromatic carbocycles. The molecule has 1 saturated heterocycles. The molecule has 1 atom stereocenters. The quantitative estimate of drug-likeness (QED) is 0.0499. The van der Waals surface area contributed by atoms with E-state index < -0.39 is 21.0 Å². The van der Waals surface area contributed by atoms with E-state index in [1.165, 1.54) is 199 Å². The van der Waals surface area contributed by atoms with Crippen molar-refractivity contribution in [1.82, 2.24) is 4.90 Å². The average molecular weight is 740 g/mol. The van der Waals surface area contributed by atoms with Crippen molar-refractivity contribution in [1.29, 1.82) is 0 Å². The van der Waals surface area contributed by atoms with Crippen LogP contribution in [0, 0.1) is 0 Å². The van der Waals surface area contributed by atoms with Crippen LogP contribution in [0.1, 0.15) is 244 Å². The highest BCUT2D eigenvalue weighted by atomic mass is 32.2. The van der Waals surface area contributed by atoms with Gasteiger partial charge in [0.25, 0.3) is 0 Å². The van der Waals surface area contributed by atoms with Gasteiger partial charge in [-0.25, -0.2) is 8.42 Å². The molecule has 1 aliphatic heterocycles. The number of hydrogen-bond acceptors (Lipinski definition) is 5. The van der Waals surface area contributed by atoms with Crippen LogP contribution in [0.25, 0.3) is 0 Å². The summed E-state index contributed by atoms with van der Waals surface area (Å²) in [6.45, 7) is 2.56. The molecule has 6 nitrogen and oxygen atoms in total. The topological polar surface area (TPSA) is 91.8 Å². The Bertz CT molecular complexity index is 907. The van der Waals surface area contributed by atoms with Crippen molar-refractivity contribution in [3.8, 4) is 0 Å². The highest BCUT2D eigenvalue weighted by molar-refractivity contribution is 7.92. The number of sulfone groups is 1. The molecule has 1 unspecified atom stereocenters. The van der Waals surface area contributed by atoms with E-state index in [9.17, 15) is 18.0 Å². The number of imide groups is 1. The molecule has 7 heteroatoms. The number of likely N-dealkylation sites (tertiary alicyclic amines) is 1. The van der Waals surface area contributed by atoms with Gasteiger partial charge in [-0.2, -0.15) is 0 Å². The van der Waals surface area contributed by atoms with Crippen molar-refractivity contribution >= 4 is 21.7 Å². The van der Waals surface area contributed by atoms with Gasteiger partial charge >= 0.3 is 0 Å². The van der Waals surface area contributed by atoms with Crippen LogP contribution in [0.5, 0.6) is 0 Å². The van der Waals surface area contributed by atoms with Crippen LogP contribution in [0.4, 0.5) is 0 Å². The van der Waals surface area contributed by atoms with E-state index in [0.717, 1.165) is 24.2 Å². The Morgan fingerprint density at radius 1 is 0.471 bits per heavy atom. The maximum atomic E-state index is 12.6. The fourth-order valence-corrected chi connectivity index (χ4v) is 9.45. The molecule has 0 saturated carbocycles. The molecule has 1 fully saturated rings. The lowest BCUT2D eigenvalue weighted by Crippen LogP contribution is -2.36. The molecular weight excluding hydrogens is 655 g/mol. The van der Waals surface area contributed by atoms with E-state index in [4.69, 9.17) is 5.11 Å². The molecule has 1 aliphatic rings. The number of hydrogen-bond donors (Lipinski definition) is 1. The molecule has 302 valence electrons.